The van der Waals surface area contributed by atoms with Crippen molar-refractivity contribution in [2.45, 2.75) is 108 Å². The molecular formula is C22H38NaO3S. The van der Waals surface area contributed by atoms with Gasteiger partial charge in [-0.05, 0) is 24.5 Å². The quantitative estimate of drug-likeness (QED) is 0.192. The van der Waals surface area contributed by atoms with Gasteiger partial charge in [0.25, 0.3) is 10.1 Å². The van der Waals surface area contributed by atoms with Crippen molar-refractivity contribution in [1.29, 1.82) is 0 Å². The fraction of sp³-hybridized carbons (Fsp3) is 0.727. The summed E-state index contributed by atoms with van der Waals surface area (Å²) >= 11 is 0. The van der Waals surface area contributed by atoms with Gasteiger partial charge < -0.3 is 0 Å². The number of hydrogen-bond acceptors (Lipinski definition) is 2. The van der Waals surface area contributed by atoms with Gasteiger partial charge in [-0.1, -0.05) is 109 Å². The molecule has 0 aromatic heterocycles. The zero-order valence-corrected chi connectivity index (χ0v) is 20.4. The Morgan fingerprint density at radius 1 is 0.704 bits per heavy atom. The van der Waals surface area contributed by atoms with E-state index in [1.807, 2.05) is 6.07 Å². The van der Waals surface area contributed by atoms with E-state index in [0.29, 0.717) is 6.42 Å². The molecule has 1 aromatic carbocycles. The normalized spacial score (nSPS) is 11.3. The van der Waals surface area contributed by atoms with E-state index < -0.39 is 10.1 Å². The van der Waals surface area contributed by atoms with E-state index in [2.05, 4.69) is 6.92 Å². The van der Waals surface area contributed by atoms with Crippen molar-refractivity contribution in [3.05, 3.63) is 29.8 Å². The average Bonchev–Trinajstić information content (AvgIpc) is 2.61. The van der Waals surface area contributed by atoms with Crippen LogP contribution in [-0.2, 0) is 16.5 Å². The Bertz CT molecular complexity index is 573. The number of rotatable bonds is 16. The standard InChI is InChI=1S/C22H38O3S.Na/c1-2-3-4-5-6-7-8-9-10-11-12-13-14-15-18-21-19-16-17-20-22(21)26(23,24)25;/h16-17,19-20H,2-15,18H2,1H3,(H,23,24,25);. The van der Waals surface area contributed by atoms with Crippen LogP contribution in [0.25, 0.3) is 0 Å². The zero-order valence-electron chi connectivity index (χ0n) is 17.6. The Kier molecular flexibility index (Phi) is 17.1. The summed E-state index contributed by atoms with van der Waals surface area (Å²) in [6, 6.07) is 6.76. The third-order valence-corrected chi connectivity index (χ3v) is 6.00. The van der Waals surface area contributed by atoms with Crippen LogP contribution in [0.2, 0.25) is 0 Å². The predicted molar refractivity (Wildman–Crippen MR) is 116 cm³/mol. The van der Waals surface area contributed by atoms with Crippen LogP contribution in [0.5, 0.6) is 0 Å². The van der Waals surface area contributed by atoms with Crippen molar-refractivity contribution < 1.29 is 13.0 Å². The van der Waals surface area contributed by atoms with Gasteiger partial charge in [0, 0.05) is 29.6 Å². The molecule has 1 N–H and O–H groups in total. The van der Waals surface area contributed by atoms with Gasteiger partial charge in [-0.3, -0.25) is 4.55 Å². The fourth-order valence-corrected chi connectivity index (χ4v) is 4.22. The molecule has 5 heteroatoms. The van der Waals surface area contributed by atoms with Crippen molar-refractivity contribution in [3.63, 3.8) is 0 Å². The van der Waals surface area contributed by atoms with E-state index in [0.717, 1.165) is 18.4 Å². The Morgan fingerprint density at radius 2 is 1.11 bits per heavy atom. The summed E-state index contributed by atoms with van der Waals surface area (Å²) in [6.45, 7) is 2.26. The molecule has 0 aliphatic rings. The molecule has 1 radical (unpaired) electrons. The topological polar surface area (TPSA) is 54.4 Å². The zero-order chi connectivity index (χ0) is 19.1. The van der Waals surface area contributed by atoms with E-state index in [-0.39, 0.29) is 34.5 Å². The Morgan fingerprint density at radius 3 is 1.56 bits per heavy atom. The van der Waals surface area contributed by atoms with Crippen molar-refractivity contribution >= 4 is 39.7 Å². The van der Waals surface area contributed by atoms with Gasteiger partial charge in [0.15, 0.2) is 0 Å². The predicted octanol–water partition coefficient (Wildman–Crippen LogP) is 6.58. The largest absolute Gasteiger partial charge is 0.294 e. The molecule has 1 aromatic rings. The number of aryl methyl sites for hydroxylation is 1. The first-order valence-corrected chi connectivity index (χ1v) is 12.0. The number of hydrogen-bond donors (Lipinski definition) is 1. The van der Waals surface area contributed by atoms with Crippen LogP contribution in [0.1, 0.15) is 102 Å². The molecule has 0 bridgehead atoms. The molecule has 1 rings (SSSR count). The van der Waals surface area contributed by atoms with Crippen molar-refractivity contribution in [1.82, 2.24) is 0 Å². The van der Waals surface area contributed by atoms with E-state index in [1.54, 1.807) is 12.1 Å². The smallest absolute Gasteiger partial charge is 0.282 e. The SMILES string of the molecule is CCCCCCCCCCCCCCCCc1ccccc1S(=O)(=O)O.[Na]. The molecule has 151 valence electrons. The number of benzene rings is 1. The summed E-state index contributed by atoms with van der Waals surface area (Å²) < 4.78 is 32.0. The first-order chi connectivity index (χ1) is 12.6. The summed E-state index contributed by atoms with van der Waals surface area (Å²) in [5, 5.41) is 0. The molecule has 0 atom stereocenters. The molecule has 0 spiro atoms. The summed E-state index contributed by atoms with van der Waals surface area (Å²) in [6.07, 6.45) is 19.1. The molecule has 27 heavy (non-hydrogen) atoms. The Balaban J connectivity index is 0.00000676. The third-order valence-electron chi connectivity index (χ3n) is 5.05. The molecule has 0 aliphatic heterocycles. The first kappa shape index (κ1) is 27.1. The summed E-state index contributed by atoms with van der Waals surface area (Å²) in [4.78, 5) is 0.0645. The van der Waals surface area contributed by atoms with Crippen molar-refractivity contribution in [3.8, 4) is 0 Å². The summed E-state index contributed by atoms with van der Waals surface area (Å²) in [7, 11) is -4.10. The van der Waals surface area contributed by atoms with Gasteiger partial charge in [-0.25, -0.2) is 0 Å². The second kappa shape index (κ2) is 17.0. The molecule has 0 saturated carbocycles. The van der Waals surface area contributed by atoms with Gasteiger partial charge in [-0.2, -0.15) is 8.42 Å². The van der Waals surface area contributed by atoms with Crippen LogP contribution in [0.3, 0.4) is 0 Å². The molecule has 0 unspecified atom stereocenters. The van der Waals surface area contributed by atoms with Crippen LogP contribution >= 0.6 is 0 Å². The molecule has 0 heterocycles. The fourth-order valence-electron chi connectivity index (χ4n) is 3.47. The minimum atomic E-state index is -4.10. The van der Waals surface area contributed by atoms with Crippen LogP contribution in [0.4, 0.5) is 0 Å². The van der Waals surface area contributed by atoms with Crippen LogP contribution < -0.4 is 0 Å². The minimum absolute atomic E-state index is 0. The Labute approximate surface area is 189 Å². The second-order valence-electron chi connectivity index (χ2n) is 7.43. The third kappa shape index (κ3) is 13.9. The average molecular weight is 406 g/mol. The van der Waals surface area contributed by atoms with E-state index in [1.165, 1.54) is 83.1 Å². The van der Waals surface area contributed by atoms with Gasteiger partial charge in [0.2, 0.25) is 0 Å². The molecule has 0 amide bonds. The monoisotopic (exact) mass is 405 g/mol. The minimum Gasteiger partial charge on any atom is -0.282 e. The molecule has 0 aliphatic carbocycles. The van der Waals surface area contributed by atoms with Crippen molar-refractivity contribution in [2.75, 3.05) is 0 Å². The van der Waals surface area contributed by atoms with Crippen LogP contribution in [0, 0.1) is 0 Å². The van der Waals surface area contributed by atoms with Gasteiger partial charge in [-0.15, -0.1) is 0 Å². The van der Waals surface area contributed by atoms with Gasteiger partial charge in [0.1, 0.15) is 0 Å². The van der Waals surface area contributed by atoms with Gasteiger partial charge >= 0.3 is 0 Å². The molecular weight excluding hydrogens is 367 g/mol. The van der Waals surface area contributed by atoms with E-state index in [9.17, 15) is 13.0 Å². The second-order valence-corrected chi connectivity index (χ2v) is 8.82. The summed E-state index contributed by atoms with van der Waals surface area (Å²) in [5.74, 6) is 0. The van der Waals surface area contributed by atoms with Crippen molar-refractivity contribution in [2.24, 2.45) is 0 Å². The maximum absolute atomic E-state index is 11.4. The molecule has 0 fully saturated rings. The van der Waals surface area contributed by atoms with E-state index >= 15 is 0 Å². The Hall–Kier alpha value is 0.130. The molecule has 0 saturated heterocycles. The van der Waals surface area contributed by atoms with Gasteiger partial charge in [0.05, 0.1) is 4.90 Å². The first-order valence-electron chi connectivity index (χ1n) is 10.6. The molecule has 3 nitrogen and oxygen atoms in total. The maximum Gasteiger partial charge on any atom is 0.294 e. The number of unbranched alkanes of at least 4 members (excludes halogenated alkanes) is 13. The van der Waals surface area contributed by atoms with Crippen LogP contribution in [0.15, 0.2) is 29.2 Å². The maximum atomic E-state index is 11.4. The van der Waals surface area contributed by atoms with Crippen LogP contribution in [-0.4, -0.2) is 42.5 Å². The summed E-state index contributed by atoms with van der Waals surface area (Å²) in [5.41, 5.74) is 0.730. The van der Waals surface area contributed by atoms with E-state index in [4.69, 9.17) is 0 Å².